The zero-order valence-corrected chi connectivity index (χ0v) is 13.6. The minimum atomic E-state index is -3.56. The van der Waals surface area contributed by atoms with Crippen molar-refractivity contribution in [3.63, 3.8) is 0 Å². The van der Waals surface area contributed by atoms with Gasteiger partial charge in [-0.25, -0.2) is 13.2 Å². The number of rotatable bonds is 5. The summed E-state index contributed by atoms with van der Waals surface area (Å²) in [6.07, 6.45) is 0.704. The molecule has 0 bridgehead atoms. The second kappa shape index (κ2) is 7.21. The fourth-order valence-electron chi connectivity index (χ4n) is 2.28. The number of esters is 1. The molecule has 1 aliphatic heterocycles. The van der Waals surface area contributed by atoms with Crippen molar-refractivity contribution in [2.24, 2.45) is 0 Å². The van der Waals surface area contributed by atoms with Crippen molar-refractivity contribution in [2.45, 2.75) is 31.3 Å². The van der Waals surface area contributed by atoms with Crippen molar-refractivity contribution in [1.29, 1.82) is 0 Å². The van der Waals surface area contributed by atoms with Gasteiger partial charge in [0.2, 0.25) is 10.0 Å². The van der Waals surface area contributed by atoms with Gasteiger partial charge in [-0.15, -0.1) is 0 Å². The molecule has 7 heteroatoms. The van der Waals surface area contributed by atoms with E-state index in [0.717, 1.165) is 6.42 Å². The molecular formula is C15H21NO5S. The van der Waals surface area contributed by atoms with E-state index < -0.39 is 16.0 Å². The Morgan fingerprint density at radius 3 is 2.59 bits per heavy atom. The van der Waals surface area contributed by atoms with Gasteiger partial charge >= 0.3 is 5.97 Å². The minimum Gasteiger partial charge on any atom is -0.462 e. The van der Waals surface area contributed by atoms with Crippen LogP contribution in [0.3, 0.4) is 0 Å². The van der Waals surface area contributed by atoms with Crippen LogP contribution < -0.4 is 0 Å². The van der Waals surface area contributed by atoms with E-state index in [-0.39, 0.29) is 17.6 Å². The van der Waals surface area contributed by atoms with Gasteiger partial charge < -0.3 is 9.47 Å². The Kier molecular flexibility index (Phi) is 5.55. The normalized spacial score (nSPS) is 19.8. The molecule has 122 valence electrons. The molecule has 0 N–H and O–H groups in total. The maximum Gasteiger partial charge on any atom is 0.338 e. The van der Waals surface area contributed by atoms with E-state index >= 15 is 0 Å². The van der Waals surface area contributed by atoms with Crippen LogP contribution in [-0.4, -0.2) is 51.1 Å². The first-order valence-corrected chi connectivity index (χ1v) is 8.82. The smallest absolute Gasteiger partial charge is 0.338 e. The fraction of sp³-hybridized carbons (Fsp3) is 0.533. The first-order valence-electron chi connectivity index (χ1n) is 7.38. The molecule has 22 heavy (non-hydrogen) atoms. The van der Waals surface area contributed by atoms with Crippen molar-refractivity contribution in [1.82, 2.24) is 4.31 Å². The quantitative estimate of drug-likeness (QED) is 0.769. The summed E-state index contributed by atoms with van der Waals surface area (Å²) in [6.45, 7) is 5.08. The average molecular weight is 327 g/mol. The van der Waals surface area contributed by atoms with E-state index in [9.17, 15) is 13.2 Å². The molecular weight excluding hydrogens is 306 g/mol. The standard InChI is InChI=1S/C15H21NO5S/c1-3-13-11-16(9-10-21-13)22(18,19)14-7-5-12(6-8-14)15(17)20-4-2/h5-8,13H,3-4,9-11H2,1-2H3. The van der Waals surface area contributed by atoms with Gasteiger partial charge in [0, 0.05) is 13.1 Å². The monoisotopic (exact) mass is 327 g/mol. The summed E-state index contributed by atoms with van der Waals surface area (Å²) in [7, 11) is -3.56. The molecule has 1 fully saturated rings. The highest BCUT2D eigenvalue weighted by atomic mass is 32.2. The van der Waals surface area contributed by atoms with E-state index in [2.05, 4.69) is 0 Å². The molecule has 1 atom stereocenters. The predicted molar refractivity (Wildman–Crippen MR) is 81.2 cm³/mol. The largest absolute Gasteiger partial charge is 0.462 e. The number of nitrogens with zero attached hydrogens (tertiary/aromatic N) is 1. The average Bonchev–Trinajstić information content (AvgIpc) is 2.55. The summed E-state index contributed by atoms with van der Waals surface area (Å²) < 4.78 is 37.0. The number of sulfonamides is 1. The summed E-state index contributed by atoms with van der Waals surface area (Å²) in [4.78, 5) is 11.8. The molecule has 2 rings (SSSR count). The molecule has 0 spiro atoms. The lowest BCUT2D eigenvalue weighted by atomic mass is 10.2. The zero-order valence-electron chi connectivity index (χ0n) is 12.8. The molecule has 1 aliphatic rings. The first kappa shape index (κ1) is 16.9. The van der Waals surface area contributed by atoms with Gasteiger partial charge in [-0.3, -0.25) is 0 Å². The van der Waals surface area contributed by atoms with Gasteiger partial charge in [0.25, 0.3) is 0 Å². The van der Waals surface area contributed by atoms with Gasteiger partial charge in [0.1, 0.15) is 0 Å². The van der Waals surface area contributed by atoms with Crippen LogP contribution in [-0.2, 0) is 19.5 Å². The molecule has 1 saturated heterocycles. The van der Waals surface area contributed by atoms with Crippen LogP contribution in [0.5, 0.6) is 0 Å². The molecule has 0 radical (unpaired) electrons. The van der Waals surface area contributed by atoms with Crippen LogP contribution in [0.4, 0.5) is 0 Å². The number of carbonyl (C=O) groups excluding carboxylic acids is 1. The summed E-state index contributed by atoms with van der Waals surface area (Å²) in [6, 6.07) is 5.83. The molecule has 0 aliphatic carbocycles. The molecule has 6 nitrogen and oxygen atoms in total. The Balaban J connectivity index is 2.17. The number of ether oxygens (including phenoxy) is 2. The van der Waals surface area contributed by atoms with Gasteiger partial charge in [-0.1, -0.05) is 6.92 Å². The van der Waals surface area contributed by atoms with Gasteiger partial charge in [0.05, 0.1) is 29.8 Å². The van der Waals surface area contributed by atoms with E-state index in [0.29, 0.717) is 25.3 Å². The molecule has 1 aromatic carbocycles. The van der Waals surface area contributed by atoms with E-state index in [1.807, 2.05) is 6.92 Å². The van der Waals surface area contributed by atoms with Crippen LogP contribution in [0, 0.1) is 0 Å². The Bertz CT molecular complexity index is 611. The van der Waals surface area contributed by atoms with Crippen LogP contribution in [0.1, 0.15) is 30.6 Å². The highest BCUT2D eigenvalue weighted by Gasteiger charge is 2.30. The molecule has 1 unspecified atom stereocenters. The van der Waals surface area contributed by atoms with Crippen LogP contribution in [0.15, 0.2) is 29.2 Å². The minimum absolute atomic E-state index is 0.0673. The van der Waals surface area contributed by atoms with Crippen molar-refractivity contribution in [2.75, 3.05) is 26.3 Å². The summed E-state index contributed by atoms with van der Waals surface area (Å²) in [5.74, 6) is -0.455. The lowest BCUT2D eigenvalue weighted by Crippen LogP contribution is -2.45. The second-order valence-electron chi connectivity index (χ2n) is 5.01. The van der Waals surface area contributed by atoms with Gasteiger partial charge in [0.15, 0.2) is 0 Å². The van der Waals surface area contributed by atoms with Crippen molar-refractivity contribution in [3.05, 3.63) is 29.8 Å². The lowest BCUT2D eigenvalue weighted by molar-refractivity contribution is -0.00277. The Morgan fingerprint density at radius 1 is 1.32 bits per heavy atom. The van der Waals surface area contributed by atoms with E-state index in [1.54, 1.807) is 6.92 Å². The number of benzene rings is 1. The Hall–Kier alpha value is -1.44. The third-order valence-electron chi connectivity index (χ3n) is 3.56. The maximum absolute atomic E-state index is 12.6. The molecule has 1 aromatic rings. The highest BCUT2D eigenvalue weighted by Crippen LogP contribution is 2.20. The topological polar surface area (TPSA) is 72.9 Å². The SMILES string of the molecule is CCOC(=O)c1ccc(S(=O)(=O)N2CCOC(CC)C2)cc1. The third kappa shape index (κ3) is 3.66. The predicted octanol–water partition coefficient (Wildman–Crippen LogP) is 1.66. The third-order valence-corrected chi connectivity index (χ3v) is 5.44. The first-order chi connectivity index (χ1) is 10.5. The van der Waals surface area contributed by atoms with Crippen LogP contribution in [0.25, 0.3) is 0 Å². The van der Waals surface area contributed by atoms with Crippen molar-refractivity contribution < 1.29 is 22.7 Å². The summed E-state index contributed by atoms with van der Waals surface area (Å²) in [5, 5.41) is 0. The zero-order chi connectivity index (χ0) is 16.2. The number of morpholine rings is 1. The van der Waals surface area contributed by atoms with Crippen LogP contribution >= 0.6 is 0 Å². The fourth-order valence-corrected chi connectivity index (χ4v) is 3.74. The highest BCUT2D eigenvalue weighted by molar-refractivity contribution is 7.89. The maximum atomic E-state index is 12.6. The number of hydrogen-bond donors (Lipinski definition) is 0. The molecule has 0 aromatic heterocycles. The number of hydrogen-bond acceptors (Lipinski definition) is 5. The Labute approximate surface area is 131 Å². The Morgan fingerprint density at radius 2 is 2.00 bits per heavy atom. The molecule has 0 amide bonds. The number of carbonyl (C=O) groups is 1. The second-order valence-corrected chi connectivity index (χ2v) is 6.95. The van der Waals surface area contributed by atoms with Gasteiger partial charge in [-0.05, 0) is 37.6 Å². The van der Waals surface area contributed by atoms with E-state index in [4.69, 9.17) is 9.47 Å². The summed E-state index contributed by atoms with van der Waals surface area (Å²) in [5.41, 5.74) is 0.342. The van der Waals surface area contributed by atoms with E-state index in [1.165, 1.54) is 28.6 Å². The molecule has 0 saturated carbocycles. The van der Waals surface area contributed by atoms with Crippen LogP contribution in [0.2, 0.25) is 0 Å². The summed E-state index contributed by atoms with van der Waals surface area (Å²) >= 11 is 0. The van der Waals surface area contributed by atoms with Crippen molar-refractivity contribution in [3.8, 4) is 0 Å². The molecule has 1 heterocycles. The van der Waals surface area contributed by atoms with Crippen molar-refractivity contribution >= 4 is 16.0 Å². The van der Waals surface area contributed by atoms with Gasteiger partial charge in [-0.2, -0.15) is 4.31 Å². The lowest BCUT2D eigenvalue weighted by Gasteiger charge is -2.31.